The first-order chi connectivity index (χ1) is 25.0. The average molecular weight is 663 g/mol. The molecule has 9 rings (SSSR count). The predicted octanol–water partition coefficient (Wildman–Crippen LogP) is 11.4. The van der Waals surface area contributed by atoms with E-state index in [2.05, 4.69) is 0 Å². The van der Waals surface area contributed by atoms with Crippen molar-refractivity contribution in [2.45, 2.75) is 5.92 Å². The fourth-order valence-electron chi connectivity index (χ4n) is 6.68. The van der Waals surface area contributed by atoms with Crippen LogP contribution >= 0.6 is 0 Å². The zero-order chi connectivity index (χ0) is 34.4. The summed E-state index contributed by atoms with van der Waals surface area (Å²) in [5, 5.41) is 0. The van der Waals surface area contributed by atoms with Crippen molar-refractivity contribution in [1.82, 2.24) is 19.9 Å². The van der Waals surface area contributed by atoms with Gasteiger partial charge in [0.15, 0.2) is 11.6 Å². The van der Waals surface area contributed by atoms with Crippen LogP contribution in [0.4, 0.5) is 8.78 Å². The first-order valence-corrected chi connectivity index (χ1v) is 16.7. The molecule has 6 heteroatoms. The SMILES string of the molecule is FC1(F)c2ccc(-c3cc(-c4ccccc4)nc(-c4ccccc4)n3)cc2-c2cc(-c3cc(-c4ccccc4)nc(-c4ccccc4)n3)ccc21. The third kappa shape index (κ3) is 5.57. The molecule has 8 aromatic rings. The normalized spacial score (nSPS) is 12.7. The largest absolute Gasteiger partial charge is 0.299 e. The van der Waals surface area contributed by atoms with Crippen LogP contribution in [0.25, 0.3) is 78.9 Å². The Kier molecular flexibility index (Phi) is 7.36. The van der Waals surface area contributed by atoms with E-state index in [0.29, 0.717) is 34.2 Å². The van der Waals surface area contributed by atoms with Crippen molar-refractivity contribution in [3.8, 4) is 78.9 Å². The molecular formula is C45H28F2N4. The highest BCUT2D eigenvalue weighted by Gasteiger charge is 2.44. The van der Waals surface area contributed by atoms with E-state index in [9.17, 15) is 0 Å². The number of benzene rings is 6. The van der Waals surface area contributed by atoms with Gasteiger partial charge in [-0.05, 0) is 35.4 Å². The Morgan fingerprint density at radius 2 is 0.627 bits per heavy atom. The zero-order valence-electron chi connectivity index (χ0n) is 27.2. The first-order valence-electron chi connectivity index (χ1n) is 16.7. The van der Waals surface area contributed by atoms with Gasteiger partial charge in [-0.15, -0.1) is 0 Å². The van der Waals surface area contributed by atoms with Gasteiger partial charge in [-0.2, -0.15) is 8.78 Å². The molecule has 0 spiro atoms. The minimum Gasteiger partial charge on any atom is -0.228 e. The lowest BCUT2D eigenvalue weighted by Gasteiger charge is -2.13. The quantitative estimate of drug-likeness (QED) is 0.178. The molecule has 2 heterocycles. The Bertz CT molecular complexity index is 2250. The summed E-state index contributed by atoms with van der Waals surface area (Å²) in [5.74, 6) is -2.03. The van der Waals surface area contributed by atoms with E-state index in [1.807, 2.05) is 146 Å². The second kappa shape index (κ2) is 12.3. The Balaban J connectivity index is 1.19. The highest BCUT2D eigenvalue weighted by molar-refractivity contribution is 5.87. The number of fused-ring (bicyclic) bond motifs is 3. The van der Waals surface area contributed by atoms with E-state index < -0.39 is 5.92 Å². The lowest BCUT2D eigenvalue weighted by molar-refractivity contribution is 0.0480. The van der Waals surface area contributed by atoms with Gasteiger partial charge < -0.3 is 0 Å². The van der Waals surface area contributed by atoms with E-state index in [1.165, 1.54) is 12.1 Å². The van der Waals surface area contributed by atoms with Gasteiger partial charge in [0, 0.05) is 44.5 Å². The molecule has 0 fully saturated rings. The molecular weight excluding hydrogens is 635 g/mol. The first kappa shape index (κ1) is 30.4. The summed E-state index contributed by atoms with van der Waals surface area (Å²) in [6.07, 6.45) is 0. The van der Waals surface area contributed by atoms with Crippen molar-refractivity contribution in [2.24, 2.45) is 0 Å². The highest BCUT2D eigenvalue weighted by Crippen LogP contribution is 2.52. The number of hydrogen-bond donors (Lipinski definition) is 0. The summed E-state index contributed by atoms with van der Waals surface area (Å²) in [6, 6.07) is 53.4. The van der Waals surface area contributed by atoms with Crippen LogP contribution in [0.2, 0.25) is 0 Å². The van der Waals surface area contributed by atoms with E-state index in [4.69, 9.17) is 19.9 Å². The zero-order valence-corrected chi connectivity index (χ0v) is 27.2. The van der Waals surface area contributed by atoms with Crippen LogP contribution < -0.4 is 0 Å². The highest BCUT2D eigenvalue weighted by atomic mass is 19.3. The lowest BCUT2D eigenvalue weighted by atomic mass is 9.98. The van der Waals surface area contributed by atoms with E-state index in [-0.39, 0.29) is 11.1 Å². The lowest BCUT2D eigenvalue weighted by Crippen LogP contribution is -2.10. The Labute approximate surface area is 293 Å². The molecule has 0 aliphatic heterocycles. The predicted molar refractivity (Wildman–Crippen MR) is 199 cm³/mol. The molecule has 0 bridgehead atoms. The maximum Gasteiger partial charge on any atom is 0.299 e. The van der Waals surface area contributed by atoms with Gasteiger partial charge >= 0.3 is 0 Å². The van der Waals surface area contributed by atoms with Crippen molar-refractivity contribution < 1.29 is 8.78 Å². The second-order valence-corrected chi connectivity index (χ2v) is 12.5. The molecule has 0 saturated carbocycles. The summed E-state index contributed by atoms with van der Waals surface area (Å²) in [6.45, 7) is 0. The molecule has 0 unspecified atom stereocenters. The average Bonchev–Trinajstić information content (AvgIpc) is 3.43. The van der Waals surface area contributed by atoms with E-state index >= 15 is 8.78 Å². The molecule has 0 atom stereocenters. The van der Waals surface area contributed by atoms with Crippen molar-refractivity contribution in [1.29, 1.82) is 0 Å². The van der Waals surface area contributed by atoms with Crippen LogP contribution in [-0.4, -0.2) is 19.9 Å². The van der Waals surface area contributed by atoms with Gasteiger partial charge in [0.25, 0.3) is 5.92 Å². The fraction of sp³-hybridized carbons (Fsp3) is 0.0222. The third-order valence-corrected chi connectivity index (χ3v) is 9.25. The molecule has 2 aromatic heterocycles. The van der Waals surface area contributed by atoms with Gasteiger partial charge in [0.2, 0.25) is 0 Å². The van der Waals surface area contributed by atoms with E-state index in [0.717, 1.165) is 44.8 Å². The van der Waals surface area contributed by atoms with E-state index in [1.54, 1.807) is 12.1 Å². The Hall–Kier alpha value is -6.66. The topological polar surface area (TPSA) is 51.6 Å². The molecule has 0 N–H and O–H groups in total. The number of halogens is 2. The summed E-state index contributed by atoms with van der Waals surface area (Å²) >= 11 is 0. The van der Waals surface area contributed by atoms with Crippen molar-refractivity contribution in [3.63, 3.8) is 0 Å². The van der Waals surface area contributed by atoms with Crippen molar-refractivity contribution in [2.75, 3.05) is 0 Å². The minimum atomic E-state index is -3.16. The molecule has 0 radical (unpaired) electrons. The third-order valence-electron chi connectivity index (χ3n) is 9.25. The van der Waals surface area contributed by atoms with Gasteiger partial charge in [0.1, 0.15) is 0 Å². The summed E-state index contributed by atoms with van der Waals surface area (Å²) in [7, 11) is 0. The number of aromatic nitrogens is 4. The van der Waals surface area contributed by atoms with Crippen LogP contribution in [0.1, 0.15) is 11.1 Å². The van der Waals surface area contributed by atoms with Gasteiger partial charge in [0.05, 0.1) is 22.8 Å². The standard InChI is InChI=1S/C45H28F2N4/c46-45(47)37-23-21-33(41-27-39(29-13-5-1-6-14-29)48-43(50-41)31-17-9-3-10-18-31)25-35(37)36-26-34(22-24-38(36)45)42-28-40(30-15-7-2-8-16-30)49-44(51-42)32-19-11-4-12-20-32/h1-28H. The number of rotatable bonds is 6. The second-order valence-electron chi connectivity index (χ2n) is 12.5. The van der Waals surface area contributed by atoms with Gasteiger partial charge in [-0.3, -0.25) is 0 Å². The fourth-order valence-corrected chi connectivity index (χ4v) is 6.68. The molecule has 6 aromatic carbocycles. The smallest absolute Gasteiger partial charge is 0.228 e. The number of nitrogens with zero attached hydrogens (tertiary/aromatic N) is 4. The van der Waals surface area contributed by atoms with Crippen LogP contribution in [-0.2, 0) is 5.92 Å². The van der Waals surface area contributed by atoms with Crippen LogP contribution in [0, 0.1) is 0 Å². The van der Waals surface area contributed by atoms with Crippen LogP contribution in [0.3, 0.4) is 0 Å². The summed E-state index contributed by atoms with van der Waals surface area (Å²) in [4.78, 5) is 19.7. The summed E-state index contributed by atoms with van der Waals surface area (Å²) < 4.78 is 32.2. The molecule has 51 heavy (non-hydrogen) atoms. The molecule has 1 aliphatic carbocycles. The summed E-state index contributed by atoms with van der Waals surface area (Å²) in [5.41, 5.74) is 8.73. The maximum absolute atomic E-state index is 16.1. The minimum absolute atomic E-state index is 0.0309. The Morgan fingerprint density at radius 3 is 0.980 bits per heavy atom. The maximum atomic E-state index is 16.1. The van der Waals surface area contributed by atoms with Crippen molar-refractivity contribution >= 4 is 0 Å². The molecule has 1 aliphatic rings. The van der Waals surface area contributed by atoms with Crippen LogP contribution in [0.5, 0.6) is 0 Å². The van der Waals surface area contributed by atoms with Gasteiger partial charge in [-0.25, -0.2) is 19.9 Å². The van der Waals surface area contributed by atoms with Crippen molar-refractivity contribution in [3.05, 3.63) is 181 Å². The van der Waals surface area contributed by atoms with Crippen LogP contribution in [0.15, 0.2) is 170 Å². The van der Waals surface area contributed by atoms with Gasteiger partial charge in [-0.1, -0.05) is 146 Å². The Morgan fingerprint density at radius 1 is 0.314 bits per heavy atom. The molecule has 4 nitrogen and oxygen atoms in total. The molecule has 0 saturated heterocycles. The number of alkyl halides is 2. The number of hydrogen-bond acceptors (Lipinski definition) is 4. The monoisotopic (exact) mass is 662 g/mol. The molecule has 242 valence electrons. The molecule has 0 amide bonds.